The molecule has 0 bridgehead atoms. The molecule has 0 spiro atoms. The lowest BCUT2D eigenvalue weighted by atomic mass is 9.97. The smallest absolute Gasteiger partial charge is 0.292 e. The van der Waals surface area contributed by atoms with Gasteiger partial charge in [-0.3, -0.25) is 4.79 Å². The van der Waals surface area contributed by atoms with Crippen LogP contribution in [0.3, 0.4) is 0 Å². The van der Waals surface area contributed by atoms with E-state index >= 15 is 0 Å². The lowest BCUT2D eigenvalue weighted by Crippen LogP contribution is -2.37. The first-order valence-corrected chi connectivity index (χ1v) is 11.9. The normalized spacial score (nSPS) is 13.7. The third-order valence-corrected chi connectivity index (χ3v) is 6.72. The number of nitrogens with two attached hydrogens (primary N) is 3. The summed E-state index contributed by atoms with van der Waals surface area (Å²) in [5.41, 5.74) is 24.2. The van der Waals surface area contributed by atoms with Crippen molar-refractivity contribution in [1.29, 1.82) is 5.41 Å². The third kappa shape index (κ3) is 3.88. The summed E-state index contributed by atoms with van der Waals surface area (Å²) in [6, 6.07) is 11.8. The molecular weight excluding hydrogens is 484 g/mol. The van der Waals surface area contributed by atoms with Crippen LogP contribution in [0.15, 0.2) is 58.9 Å². The maximum Gasteiger partial charge on any atom is 0.292 e. The van der Waals surface area contributed by atoms with Gasteiger partial charge in [-0.2, -0.15) is 10.1 Å². The molecule has 1 aliphatic rings. The van der Waals surface area contributed by atoms with Crippen LogP contribution in [0.25, 0.3) is 33.4 Å². The molecule has 190 valence electrons. The molecule has 3 aromatic heterocycles. The average Bonchev–Trinajstić information content (AvgIpc) is 3.48. The number of nitrogen functional groups attached to an aromatic ring is 2. The first-order valence-electron chi connectivity index (χ1n) is 11.9. The third-order valence-electron chi connectivity index (χ3n) is 6.72. The Morgan fingerprint density at radius 2 is 2.00 bits per heavy atom. The van der Waals surface area contributed by atoms with Gasteiger partial charge in [-0.25, -0.2) is 14.6 Å². The van der Waals surface area contributed by atoms with Crippen LogP contribution in [-0.4, -0.2) is 48.3 Å². The average molecular weight is 509 g/mol. The number of nitrogens with one attached hydrogen (secondary N) is 1. The zero-order valence-corrected chi connectivity index (χ0v) is 20.3. The Balaban J connectivity index is 1.33. The van der Waals surface area contributed by atoms with Gasteiger partial charge in [0.15, 0.2) is 11.2 Å². The van der Waals surface area contributed by atoms with Crippen LogP contribution in [-0.2, 0) is 24.3 Å². The van der Waals surface area contributed by atoms with E-state index in [9.17, 15) is 4.79 Å². The SMILES string of the molecule is N=C/C(=C\N)C(=O)N1CCc2cc(Cn3nc(-c4ccc5oc(N)nc5c4)c4c(N)ncnc43)ccc2C1. The summed E-state index contributed by atoms with van der Waals surface area (Å²) in [6.45, 7) is 1.48. The predicted octanol–water partition coefficient (Wildman–Crippen LogP) is 2.22. The molecule has 12 heteroatoms. The van der Waals surface area contributed by atoms with E-state index in [1.165, 1.54) is 18.1 Å². The van der Waals surface area contributed by atoms with Crippen molar-refractivity contribution in [3.63, 3.8) is 0 Å². The van der Waals surface area contributed by atoms with E-state index in [2.05, 4.69) is 21.0 Å². The fourth-order valence-corrected chi connectivity index (χ4v) is 4.85. The summed E-state index contributed by atoms with van der Waals surface area (Å²) in [4.78, 5) is 27.2. The summed E-state index contributed by atoms with van der Waals surface area (Å²) in [5, 5.41) is 12.9. The Hall–Kier alpha value is -5.26. The molecule has 0 saturated heterocycles. The van der Waals surface area contributed by atoms with Gasteiger partial charge in [0.05, 0.1) is 17.5 Å². The van der Waals surface area contributed by atoms with Crippen LogP contribution in [0.5, 0.6) is 0 Å². The number of hydrogen-bond acceptors (Lipinski definition) is 10. The quantitative estimate of drug-likeness (QED) is 0.203. The molecular formula is C26H24N10O2. The summed E-state index contributed by atoms with van der Waals surface area (Å²) in [5.74, 6) is 0.0959. The van der Waals surface area contributed by atoms with Crippen molar-refractivity contribution in [3.8, 4) is 11.3 Å². The minimum atomic E-state index is -0.239. The highest BCUT2D eigenvalue weighted by molar-refractivity contribution is 6.11. The fourth-order valence-electron chi connectivity index (χ4n) is 4.85. The van der Waals surface area contributed by atoms with E-state index in [1.807, 2.05) is 28.9 Å². The number of oxazole rings is 1. The molecule has 6 rings (SSSR count). The van der Waals surface area contributed by atoms with Crippen LogP contribution >= 0.6 is 0 Å². The highest BCUT2D eigenvalue weighted by Gasteiger charge is 2.23. The summed E-state index contributed by atoms with van der Waals surface area (Å²) in [7, 11) is 0. The van der Waals surface area contributed by atoms with E-state index < -0.39 is 0 Å². The van der Waals surface area contributed by atoms with Gasteiger partial charge in [0, 0.05) is 31.1 Å². The lowest BCUT2D eigenvalue weighted by Gasteiger charge is -2.29. The Bertz CT molecular complexity index is 1770. The van der Waals surface area contributed by atoms with Crippen molar-refractivity contribution in [2.75, 3.05) is 18.0 Å². The van der Waals surface area contributed by atoms with Gasteiger partial charge in [0.25, 0.3) is 11.9 Å². The number of fused-ring (bicyclic) bond motifs is 3. The number of nitrogens with zero attached hydrogens (tertiary/aromatic N) is 6. The maximum absolute atomic E-state index is 12.6. The molecule has 1 amide bonds. The van der Waals surface area contributed by atoms with Gasteiger partial charge in [-0.15, -0.1) is 0 Å². The van der Waals surface area contributed by atoms with E-state index in [4.69, 9.17) is 32.1 Å². The number of aromatic nitrogens is 5. The van der Waals surface area contributed by atoms with E-state index in [0.29, 0.717) is 59.7 Å². The Kier molecular flexibility index (Phi) is 5.48. The summed E-state index contributed by atoms with van der Waals surface area (Å²) >= 11 is 0. The molecule has 0 unspecified atom stereocenters. The summed E-state index contributed by atoms with van der Waals surface area (Å²) < 4.78 is 7.21. The van der Waals surface area contributed by atoms with Gasteiger partial charge >= 0.3 is 0 Å². The topological polar surface area (TPSA) is 192 Å². The molecule has 7 N–H and O–H groups in total. The first-order chi connectivity index (χ1) is 18.4. The Morgan fingerprint density at radius 3 is 2.82 bits per heavy atom. The minimum absolute atomic E-state index is 0.0984. The van der Waals surface area contributed by atoms with Gasteiger partial charge in [0.1, 0.15) is 23.4 Å². The van der Waals surface area contributed by atoms with Crippen LogP contribution in [0.2, 0.25) is 0 Å². The van der Waals surface area contributed by atoms with Gasteiger partial charge in [-0.05, 0) is 41.3 Å². The van der Waals surface area contributed by atoms with Crippen molar-refractivity contribution in [1.82, 2.24) is 29.6 Å². The molecule has 0 fully saturated rings. The number of carbonyl (C=O) groups excluding carboxylic acids is 1. The van der Waals surface area contributed by atoms with Crippen LogP contribution < -0.4 is 17.2 Å². The number of amides is 1. The largest absolute Gasteiger partial charge is 0.424 e. The van der Waals surface area contributed by atoms with Gasteiger partial charge in [-0.1, -0.05) is 18.2 Å². The Morgan fingerprint density at radius 1 is 1.13 bits per heavy atom. The highest BCUT2D eigenvalue weighted by Crippen LogP contribution is 2.33. The fraction of sp³-hybridized carbons (Fsp3) is 0.154. The second-order valence-corrected chi connectivity index (χ2v) is 9.04. The number of hydrogen-bond donors (Lipinski definition) is 4. The number of rotatable bonds is 5. The molecule has 0 atom stereocenters. The number of benzene rings is 2. The number of carbonyl (C=O) groups is 1. The number of anilines is 2. The molecule has 0 radical (unpaired) electrons. The maximum atomic E-state index is 12.6. The van der Waals surface area contributed by atoms with Crippen molar-refractivity contribution in [2.24, 2.45) is 5.73 Å². The second kappa shape index (κ2) is 9.00. The molecule has 0 aliphatic carbocycles. The van der Waals surface area contributed by atoms with Crippen molar-refractivity contribution < 1.29 is 9.21 Å². The lowest BCUT2D eigenvalue weighted by molar-refractivity contribution is -0.127. The van der Waals surface area contributed by atoms with Crippen molar-refractivity contribution in [2.45, 2.75) is 19.5 Å². The molecule has 5 aromatic rings. The van der Waals surface area contributed by atoms with Crippen LogP contribution in [0, 0.1) is 5.41 Å². The van der Waals surface area contributed by atoms with Gasteiger partial charge in [0.2, 0.25) is 0 Å². The molecule has 0 saturated carbocycles. The first kappa shape index (κ1) is 23.2. The monoisotopic (exact) mass is 508 g/mol. The Labute approximate surface area is 216 Å². The molecule has 12 nitrogen and oxygen atoms in total. The van der Waals surface area contributed by atoms with E-state index in [0.717, 1.165) is 22.9 Å². The van der Waals surface area contributed by atoms with Crippen LogP contribution in [0.1, 0.15) is 16.7 Å². The molecule has 38 heavy (non-hydrogen) atoms. The molecule has 1 aliphatic heterocycles. The standard InChI is InChI=1S/C26H24N10O2/c27-9-18(10-28)25(37)35-6-5-15-7-14(1-2-17(15)12-35)11-36-24-21(23(29)31-13-32-24)22(34-36)16-3-4-20-19(8-16)33-26(30)38-20/h1-4,7-10,13,27H,5-6,11-12,28H2,(H2,30,33)(H2,29,31,32)/b18-10+,27-9?. The molecule has 2 aromatic carbocycles. The molecule has 4 heterocycles. The second-order valence-electron chi connectivity index (χ2n) is 9.04. The van der Waals surface area contributed by atoms with Crippen molar-refractivity contribution in [3.05, 3.63) is 71.2 Å². The van der Waals surface area contributed by atoms with Gasteiger partial charge < -0.3 is 31.9 Å². The van der Waals surface area contributed by atoms with Crippen molar-refractivity contribution >= 4 is 46.1 Å². The minimum Gasteiger partial charge on any atom is -0.424 e. The van der Waals surface area contributed by atoms with E-state index in [1.54, 1.807) is 11.0 Å². The zero-order valence-electron chi connectivity index (χ0n) is 20.3. The highest BCUT2D eigenvalue weighted by atomic mass is 16.4. The zero-order chi connectivity index (χ0) is 26.4. The van der Waals surface area contributed by atoms with E-state index in [-0.39, 0.29) is 17.5 Å². The summed E-state index contributed by atoms with van der Waals surface area (Å²) in [6.07, 6.45) is 4.29. The predicted molar refractivity (Wildman–Crippen MR) is 143 cm³/mol. The van der Waals surface area contributed by atoms with Crippen LogP contribution in [0.4, 0.5) is 11.8 Å².